The predicted molar refractivity (Wildman–Crippen MR) is 40.9 cm³/mol. The molecule has 0 unspecified atom stereocenters. The zero-order chi connectivity index (χ0) is 8.15. The van der Waals surface area contributed by atoms with Crippen LogP contribution in [-0.4, -0.2) is 10.9 Å². The summed E-state index contributed by atoms with van der Waals surface area (Å²) in [4.78, 5) is 10.8. The fourth-order valence-electron chi connectivity index (χ4n) is 0.862. The van der Waals surface area contributed by atoms with Crippen LogP contribution in [0.4, 0.5) is 0 Å². The molecule has 0 bridgehead atoms. The second-order valence-corrected chi connectivity index (χ2v) is 2.37. The normalized spacial score (nSPS) is 12.7. The highest BCUT2D eigenvalue weighted by Crippen LogP contribution is 2.09. The summed E-state index contributed by atoms with van der Waals surface area (Å²) in [5, 5.41) is 8.97. The topological polar surface area (TPSA) is 37.3 Å². The first-order valence-electron chi connectivity index (χ1n) is 3.49. The maximum atomic E-state index is 10.8. The highest BCUT2D eigenvalue weighted by molar-refractivity contribution is 5.93. The molecule has 0 aromatic heterocycles. The van der Waals surface area contributed by atoms with Crippen LogP contribution in [0.15, 0.2) is 11.3 Å². The van der Waals surface area contributed by atoms with Crippen molar-refractivity contribution in [1.29, 1.82) is 0 Å². The van der Waals surface area contributed by atoms with Crippen LogP contribution in [-0.2, 0) is 4.79 Å². The maximum Gasteiger partial charge on any atom is 0.159 e. The van der Waals surface area contributed by atoms with E-state index in [1.165, 1.54) is 6.92 Å². The van der Waals surface area contributed by atoms with Crippen molar-refractivity contribution in [3.63, 3.8) is 0 Å². The molecule has 0 aliphatic heterocycles. The Morgan fingerprint density at radius 1 is 1.40 bits per heavy atom. The number of ketones is 1. The summed E-state index contributed by atoms with van der Waals surface area (Å²) >= 11 is 0. The van der Waals surface area contributed by atoms with Crippen LogP contribution in [0.2, 0.25) is 0 Å². The predicted octanol–water partition coefficient (Wildman–Crippen LogP) is 2.21. The summed E-state index contributed by atoms with van der Waals surface area (Å²) in [6.45, 7) is 5.00. The average molecular weight is 142 g/mol. The first-order chi connectivity index (χ1) is 4.59. The molecule has 0 aliphatic carbocycles. The highest BCUT2D eigenvalue weighted by atomic mass is 16.3. The molecule has 58 valence electrons. The molecule has 0 amide bonds. The van der Waals surface area contributed by atoms with Gasteiger partial charge in [0.25, 0.3) is 0 Å². The minimum Gasteiger partial charge on any atom is -0.512 e. The van der Waals surface area contributed by atoms with Crippen molar-refractivity contribution < 1.29 is 9.90 Å². The van der Waals surface area contributed by atoms with Gasteiger partial charge in [0.1, 0.15) is 0 Å². The summed E-state index contributed by atoms with van der Waals surface area (Å²) < 4.78 is 0. The lowest BCUT2D eigenvalue weighted by Gasteiger charge is -2.01. The third-order valence-corrected chi connectivity index (χ3v) is 1.36. The Bertz CT molecular complexity index is 153. The van der Waals surface area contributed by atoms with E-state index >= 15 is 0 Å². The summed E-state index contributed by atoms with van der Waals surface area (Å²) in [6, 6.07) is 0. The van der Waals surface area contributed by atoms with Crippen molar-refractivity contribution >= 4 is 5.78 Å². The fraction of sp³-hybridized carbons (Fsp3) is 0.625. The Labute approximate surface area is 61.6 Å². The molecule has 0 aromatic carbocycles. The molecular formula is C8H14O2. The molecule has 0 fully saturated rings. The van der Waals surface area contributed by atoms with Crippen molar-refractivity contribution in [1.82, 2.24) is 0 Å². The van der Waals surface area contributed by atoms with Gasteiger partial charge in [-0.25, -0.2) is 0 Å². The van der Waals surface area contributed by atoms with Crippen LogP contribution in [0, 0.1) is 0 Å². The molecule has 0 saturated carbocycles. The van der Waals surface area contributed by atoms with E-state index in [0.717, 1.165) is 6.42 Å². The molecule has 0 atom stereocenters. The van der Waals surface area contributed by atoms with Gasteiger partial charge in [-0.05, 0) is 20.3 Å². The van der Waals surface area contributed by atoms with Crippen LogP contribution in [0.3, 0.4) is 0 Å². The summed E-state index contributed by atoms with van der Waals surface area (Å²) in [5.41, 5.74) is 0.558. The van der Waals surface area contributed by atoms with E-state index in [1.807, 2.05) is 6.92 Å². The van der Waals surface area contributed by atoms with E-state index in [9.17, 15) is 4.79 Å². The van der Waals surface area contributed by atoms with Crippen LogP contribution >= 0.6 is 0 Å². The van der Waals surface area contributed by atoms with Gasteiger partial charge in [-0.3, -0.25) is 4.79 Å². The number of carbonyl (C=O) groups excluding carboxylic acids is 1. The molecule has 0 radical (unpaired) electrons. The fourth-order valence-corrected chi connectivity index (χ4v) is 0.862. The lowest BCUT2D eigenvalue weighted by molar-refractivity contribution is -0.113. The minimum atomic E-state index is -0.0261. The standard InChI is InChI=1S/C8H14O2/c1-4-5-8(6(2)9)7(3)10/h9H,4-5H2,1-3H3/b8-6-. The first kappa shape index (κ1) is 9.21. The number of allylic oxidation sites excluding steroid dienone is 2. The lowest BCUT2D eigenvalue weighted by atomic mass is 10.1. The average Bonchev–Trinajstić information content (AvgIpc) is 1.81. The number of hydrogen-bond donors (Lipinski definition) is 1. The second-order valence-electron chi connectivity index (χ2n) is 2.37. The smallest absolute Gasteiger partial charge is 0.159 e. The van der Waals surface area contributed by atoms with Crippen LogP contribution in [0.25, 0.3) is 0 Å². The SMILES string of the molecule is CCC/C(C(C)=O)=C(\C)O. The Morgan fingerprint density at radius 3 is 2.00 bits per heavy atom. The van der Waals surface area contributed by atoms with Gasteiger partial charge in [0.2, 0.25) is 0 Å². The number of aliphatic hydroxyl groups excluding tert-OH is 1. The molecule has 0 rings (SSSR count). The number of rotatable bonds is 3. The largest absolute Gasteiger partial charge is 0.512 e. The number of hydrogen-bond acceptors (Lipinski definition) is 2. The zero-order valence-electron chi connectivity index (χ0n) is 6.77. The van der Waals surface area contributed by atoms with Crippen LogP contribution in [0.1, 0.15) is 33.6 Å². The number of Topliss-reactive ketones (excluding diaryl/α,β-unsaturated/α-hetero) is 1. The van der Waals surface area contributed by atoms with E-state index < -0.39 is 0 Å². The van der Waals surface area contributed by atoms with E-state index in [0.29, 0.717) is 12.0 Å². The Balaban J connectivity index is 4.28. The van der Waals surface area contributed by atoms with E-state index in [-0.39, 0.29) is 11.5 Å². The first-order valence-corrected chi connectivity index (χ1v) is 3.49. The Hall–Kier alpha value is -0.790. The molecule has 0 aliphatic rings. The van der Waals surface area contributed by atoms with Gasteiger partial charge < -0.3 is 5.11 Å². The molecule has 0 aromatic rings. The van der Waals surface area contributed by atoms with Crippen molar-refractivity contribution in [3.05, 3.63) is 11.3 Å². The molecular weight excluding hydrogens is 128 g/mol. The van der Waals surface area contributed by atoms with E-state index in [1.54, 1.807) is 6.92 Å². The Morgan fingerprint density at radius 2 is 1.90 bits per heavy atom. The summed E-state index contributed by atoms with van der Waals surface area (Å²) in [7, 11) is 0. The van der Waals surface area contributed by atoms with Crippen LogP contribution in [0.5, 0.6) is 0 Å². The maximum absolute atomic E-state index is 10.8. The van der Waals surface area contributed by atoms with Crippen molar-refractivity contribution in [2.75, 3.05) is 0 Å². The van der Waals surface area contributed by atoms with Crippen molar-refractivity contribution in [2.45, 2.75) is 33.6 Å². The van der Waals surface area contributed by atoms with Gasteiger partial charge in [0.05, 0.1) is 5.76 Å². The zero-order valence-corrected chi connectivity index (χ0v) is 6.77. The van der Waals surface area contributed by atoms with Crippen molar-refractivity contribution in [3.8, 4) is 0 Å². The molecule has 0 heterocycles. The van der Waals surface area contributed by atoms with E-state index in [2.05, 4.69) is 0 Å². The van der Waals surface area contributed by atoms with Gasteiger partial charge in [0, 0.05) is 5.57 Å². The summed E-state index contributed by atoms with van der Waals surface area (Å²) in [6.07, 6.45) is 1.57. The highest BCUT2D eigenvalue weighted by Gasteiger charge is 2.05. The molecule has 0 saturated heterocycles. The van der Waals surface area contributed by atoms with Crippen molar-refractivity contribution in [2.24, 2.45) is 0 Å². The number of carbonyl (C=O) groups is 1. The van der Waals surface area contributed by atoms with Gasteiger partial charge in [-0.2, -0.15) is 0 Å². The summed E-state index contributed by atoms with van der Waals surface area (Å²) in [5.74, 6) is 0.135. The molecule has 10 heavy (non-hydrogen) atoms. The third-order valence-electron chi connectivity index (χ3n) is 1.36. The second kappa shape index (κ2) is 4.09. The molecule has 0 spiro atoms. The minimum absolute atomic E-state index is 0.0261. The number of aliphatic hydroxyl groups is 1. The monoisotopic (exact) mass is 142 g/mol. The molecule has 2 nitrogen and oxygen atoms in total. The molecule has 1 N–H and O–H groups in total. The van der Waals surface area contributed by atoms with Gasteiger partial charge in [-0.15, -0.1) is 0 Å². The Kier molecular flexibility index (Phi) is 3.77. The lowest BCUT2D eigenvalue weighted by Crippen LogP contribution is -1.99. The van der Waals surface area contributed by atoms with E-state index in [4.69, 9.17) is 5.11 Å². The van der Waals surface area contributed by atoms with Crippen LogP contribution < -0.4 is 0 Å². The van der Waals surface area contributed by atoms with Gasteiger partial charge >= 0.3 is 0 Å². The molecule has 2 heteroatoms. The third kappa shape index (κ3) is 2.67. The quantitative estimate of drug-likeness (QED) is 0.484. The van der Waals surface area contributed by atoms with Gasteiger partial charge in [-0.1, -0.05) is 13.3 Å². The van der Waals surface area contributed by atoms with Gasteiger partial charge in [0.15, 0.2) is 5.78 Å².